The van der Waals surface area contributed by atoms with Gasteiger partial charge in [-0.25, -0.2) is 0 Å². The van der Waals surface area contributed by atoms with Crippen molar-refractivity contribution < 1.29 is 0 Å². The van der Waals surface area contributed by atoms with E-state index < -0.39 is 0 Å². The predicted molar refractivity (Wildman–Crippen MR) is 74.9 cm³/mol. The van der Waals surface area contributed by atoms with Gasteiger partial charge in [0.1, 0.15) is 0 Å². The van der Waals surface area contributed by atoms with Crippen LogP contribution < -0.4 is 0 Å². The minimum Gasteiger partial charge on any atom is -0.295 e. The van der Waals surface area contributed by atoms with E-state index in [0.717, 1.165) is 12.8 Å². The summed E-state index contributed by atoms with van der Waals surface area (Å²) < 4.78 is 0. The molecule has 0 aliphatic rings. The third kappa shape index (κ3) is 5.43. The third-order valence-corrected chi connectivity index (χ3v) is 3.38. The number of aliphatic imine (C=N–C) groups is 2. The van der Waals surface area contributed by atoms with E-state index in [4.69, 9.17) is 0 Å². The Bertz CT molecular complexity index is 239. The van der Waals surface area contributed by atoms with E-state index in [1.807, 2.05) is 0 Å². The normalized spacial score (nSPS) is 15.4. The molecule has 0 aromatic heterocycles. The van der Waals surface area contributed by atoms with Crippen LogP contribution in [0.1, 0.15) is 60.8 Å². The van der Waals surface area contributed by atoms with Crippen molar-refractivity contribution >= 4 is 12.9 Å². The maximum absolute atomic E-state index is 4.65. The summed E-state index contributed by atoms with van der Waals surface area (Å²) >= 11 is 0. The van der Waals surface area contributed by atoms with Crippen molar-refractivity contribution in [1.29, 1.82) is 0 Å². The Morgan fingerprint density at radius 2 is 1.81 bits per heavy atom. The molecule has 0 saturated heterocycles. The first kappa shape index (κ1) is 15.3. The summed E-state index contributed by atoms with van der Waals surface area (Å²) in [6, 6.07) is 0. The highest BCUT2D eigenvalue weighted by Crippen LogP contribution is 2.23. The average Bonchev–Trinajstić information content (AvgIpc) is 2.17. The first-order valence-electron chi connectivity index (χ1n) is 6.26. The molecule has 0 bridgehead atoms. The molecule has 0 aliphatic heterocycles. The zero-order valence-electron chi connectivity index (χ0n) is 11.9. The second-order valence-electron chi connectivity index (χ2n) is 5.82. The van der Waals surface area contributed by atoms with Crippen LogP contribution in [0.5, 0.6) is 0 Å². The molecule has 94 valence electrons. The Morgan fingerprint density at radius 1 is 1.25 bits per heavy atom. The molecule has 1 atom stereocenters. The number of hydrogen-bond acceptors (Lipinski definition) is 2. The van der Waals surface area contributed by atoms with E-state index in [-0.39, 0.29) is 11.1 Å². The van der Waals surface area contributed by atoms with E-state index >= 15 is 0 Å². The zero-order valence-corrected chi connectivity index (χ0v) is 11.9. The second-order valence-corrected chi connectivity index (χ2v) is 5.82. The van der Waals surface area contributed by atoms with E-state index in [9.17, 15) is 0 Å². The Labute approximate surface area is 101 Å². The maximum Gasteiger partial charge on any atom is 0.0573 e. The molecule has 0 heterocycles. The van der Waals surface area contributed by atoms with Crippen LogP contribution in [-0.2, 0) is 0 Å². The molecule has 2 heteroatoms. The Balaban J connectivity index is 4.24. The molecule has 0 N–H and O–H groups in total. The molecular formula is C14H28N2. The van der Waals surface area contributed by atoms with Gasteiger partial charge in [0.05, 0.1) is 11.1 Å². The van der Waals surface area contributed by atoms with E-state index in [0.29, 0.717) is 5.92 Å². The number of nitrogens with zero attached hydrogens (tertiary/aromatic N) is 2. The van der Waals surface area contributed by atoms with Crippen molar-refractivity contribution in [3.05, 3.63) is 0 Å². The molecule has 0 rings (SSSR count). The minimum absolute atomic E-state index is 0.0546. The van der Waals surface area contributed by atoms with Crippen LogP contribution in [0.3, 0.4) is 0 Å². The smallest absolute Gasteiger partial charge is 0.0573 e. The van der Waals surface area contributed by atoms with Crippen LogP contribution in [0.15, 0.2) is 9.98 Å². The molecule has 0 aromatic carbocycles. The lowest BCUT2D eigenvalue weighted by Gasteiger charge is -2.26. The van der Waals surface area contributed by atoms with Gasteiger partial charge in [-0.15, -0.1) is 0 Å². The summed E-state index contributed by atoms with van der Waals surface area (Å²) in [4.78, 5) is 8.81. The lowest BCUT2D eigenvalue weighted by atomic mass is 9.87. The van der Waals surface area contributed by atoms with Crippen molar-refractivity contribution in [3.63, 3.8) is 0 Å². The molecule has 1 unspecified atom stereocenters. The zero-order chi connectivity index (χ0) is 12.8. The van der Waals surface area contributed by atoms with Crippen LogP contribution in [0, 0.1) is 5.92 Å². The van der Waals surface area contributed by atoms with Crippen LogP contribution >= 0.6 is 0 Å². The van der Waals surface area contributed by atoms with Crippen molar-refractivity contribution in [2.24, 2.45) is 15.9 Å². The van der Waals surface area contributed by atoms with Crippen LogP contribution in [0.25, 0.3) is 0 Å². The summed E-state index contributed by atoms with van der Waals surface area (Å²) in [5, 5.41) is 0. The predicted octanol–water partition coefficient (Wildman–Crippen LogP) is 4.14. The molecule has 0 amide bonds. The molecule has 0 fully saturated rings. The molecule has 0 spiro atoms. The van der Waals surface area contributed by atoms with Gasteiger partial charge in [-0.2, -0.15) is 0 Å². The molecule has 0 saturated carbocycles. The minimum atomic E-state index is -0.0546. The molecule has 0 aliphatic carbocycles. The Kier molecular flexibility index (Phi) is 5.91. The van der Waals surface area contributed by atoms with Crippen molar-refractivity contribution in [2.75, 3.05) is 0 Å². The van der Waals surface area contributed by atoms with Crippen molar-refractivity contribution in [2.45, 2.75) is 71.9 Å². The van der Waals surface area contributed by atoms with Gasteiger partial charge in [-0.3, -0.25) is 9.98 Å². The molecule has 16 heavy (non-hydrogen) atoms. The van der Waals surface area contributed by atoms with Gasteiger partial charge in [0, 0.05) is 0 Å². The second kappa shape index (κ2) is 6.17. The first-order chi connectivity index (χ1) is 7.25. The summed E-state index contributed by atoms with van der Waals surface area (Å²) in [5.74, 6) is 0.478. The lowest BCUT2D eigenvalue weighted by Crippen LogP contribution is -2.27. The van der Waals surface area contributed by atoms with Gasteiger partial charge < -0.3 is 0 Å². The highest BCUT2D eigenvalue weighted by atomic mass is 14.8. The van der Waals surface area contributed by atoms with Crippen molar-refractivity contribution in [3.8, 4) is 0 Å². The molecule has 0 radical (unpaired) electrons. The van der Waals surface area contributed by atoms with Crippen LogP contribution in [0.2, 0.25) is 0 Å². The van der Waals surface area contributed by atoms with Gasteiger partial charge in [0.15, 0.2) is 0 Å². The topological polar surface area (TPSA) is 24.7 Å². The lowest BCUT2D eigenvalue weighted by molar-refractivity contribution is 0.361. The fourth-order valence-electron chi connectivity index (χ4n) is 1.58. The quantitative estimate of drug-likeness (QED) is 0.581. The first-order valence-corrected chi connectivity index (χ1v) is 6.26. The van der Waals surface area contributed by atoms with E-state index in [2.05, 4.69) is 64.5 Å². The summed E-state index contributed by atoms with van der Waals surface area (Å²) in [7, 11) is 0. The average molecular weight is 224 g/mol. The highest BCUT2D eigenvalue weighted by molar-refractivity contribution is 5.58. The van der Waals surface area contributed by atoms with Gasteiger partial charge in [0.2, 0.25) is 0 Å². The molecular weight excluding hydrogens is 196 g/mol. The van der Waals surface area contributed by atoms with Gasteiger partial charge in [-0.1, -0.05) is 20.3 Å². The SMILES string of the molecule is C=NC(C)(C)C(C)C/C=N/C(C)(C)CCC. The van der Waals surface area contributed by atoms with Crippen LogP contribution in [-0.4, -0.2) is 24.0 Å². The van der Waals surface area contributed by atoms with E-state index in [1.165, 1.54) is 6.42 Å². The highest BCUT2D eigenvalue weighted by Gasteiger charge is 2.23. The third-order valence-electron chi connectivity index (χ3n) is 3.38. The fourth-order valence-corrected chi connectivity index (χ4v) is 1.58. The van der Waals surface area contributed by atoms with Crippen molar-refractivity contribution in [1.82, 2.24) is 0 Å². The maximum atomic E-state index is 4.65. The number of hydrogen-bond donors (Lipinski definition) is 0. The summed E-state index contributed by atoms with van der Waals surface area (Å²) in [6.07, 6.45) is 5.35. The van der Waals surface area contributed by atoms with Gasteiger partial charge in [-0.05, 0) is 59.4 Å². The molecule has 2 nitrogen and oxygen atoms in total. The van der Waals surface area contributed by atoms with Crippen LogP contribution in [0.4, 0.5) is 0 Å². The number of rotatable bonds is 7. The Morgan fingerprint density at radius 3 is 2.25 bits per heavy atom. The standard InChI is InChI=1S/C14H28N2/c1-8-10-13(3,4)16-11-9-12(2)14(5,6)15-7/h11-12H,7-10H2,1-6H3/b16-11+. The van der Waals surface area contributed by atoms with Gasteiger partial charge in [0.25, 0.3) is 0 Å². The van der Waals surface area contributed by atoms with Gasteiger partial charge >= 0.3 is 0 Å². The monoisotopic (exact) mass is 224 g/mol. The fraction of sp³-hybridized carbons (Fsp3) is 0.857. The summed E-state index contributed by atoms with van der Waals surface area (Å²) in [6.45, 7) is 16.7. The molecule has 0 aromatic rings. The largest absolute Gasteiger partial charge is 0.295 e. The summed E-state index contributed by atoms with van der Waals surface area (Å²) in [5.41, 5.74) is 0.0289. The van der Waals surface area contributed by atoms with E-state index in [1.54, 1.807) is 0 Å². The Hall–Kier alpha value is -0.660.